The number of unbranched alkanes of at least 4 members (excludes halogenated alkanes) is 1. The Balaban J connectivity index is 3.45. The van der Waals surface area contributed by atoms with Gasteiger partial charge in [0.15, 0.2) is 0 Å². The van der Waals surface area contributed by atoms with Crippen molar-refractivity contribution in [1.82, 2.24) is 0 Å². The van der Waals surface area contributed by atoms with Crippen molar-refractivity contribution in [2.24, 2.45) is 0 Å². The Hall–Kier alpha value is -0.160. The Kier molecular flexibility index (Phi) is 10.9. The van der Waals surface area contributed by atoms with E-state index in [0.717, 1.165) is 19.4 Å². The second-order valence-corrected chi connectivity index (χ2v) is 4.51. The van der Waals surface area contributed by atoms with Crippen LogP contribution in [0.4, 0.5) is 0 Å². The van der Waals surface area contributed by atoms with Crippen LogP contribution in [0, 0.1) is 0 Å². The monoisotopic (exact) mass is 248 g/mol. The maximum Gasteiger partial charge on any atom is 0.0785 e. The highest BCUT2D eigenvalue weighted by atomic mass is 16.6. The number of hydrogen-bond acceptors (Lipinski definition) is 4. The van der Waals surface area contributed by atoms with Crippen LogP contribution >= 0.6 is 0 Å². The Morgan fingerprint density at radius 1 is 1.00 bits per heavy atom. The molecule has 0 aromatic rings. The van der Waals surface area contributed by atoms with Crippen LogP contribution in [0.5, 0.6) is 0 Å². The van der Waals surface area contributed by atoms with Crippen molar-refractivity contribution in [3.8, 4) is 0 Å². The fraction of sp³-hybridized carbons (Fsp3) is 1.00. The highest BCUT2D eigenvalue weighted by Crippen LogP contribution is 2.01. The predicted molar refractivity (Wildman–Crippen MR) is 68.2 cm³/mol. The third kappa shape index (κ3) is 10.7. The summed E-state index contributed by atoms with van der Waals surface area (Å²) in [4.78, 5) is 0. The van der Waals surface area contributed by atoms with Gasteiger partial charge in [0.25, 0.3) is 0 Å². The van der Waals surface area contributed by atoms with E-state index in [0.29, 0.717) is 13.2 Å². The molecule has 17 heavy (non-hydrogen) atoms. The largest absolute Gasteiger partial charge is 0.394 e. The average Bonchev–Trinajstić information content (AvgIpc) is 2.32. The number of ether oxygens (including phenoxy) is 3. The summed E-state index contributed by atoms with van der Waals surface area (Å²) in [5, 5.41) is 8.84. The van der Waals surface area contributed by atoms with Crippen LogP contribution in [-0.4, -0.2) is 49.8 Å². The van der Waals surface area contributed by atoms with Gasteiger partial charge in [0, 0.05) is 6.61 Å². The van der Waals surface area contributed by atoms with Crippen molar-refractivity contribution in [2.45, 2.75) is 58.8 Å². The Morgan fingerprint density at radius 2 is 1.71 bits per heavy atom. The summed E-state index contributed by atoms with van der Waals surface area (Å²) < 4.78 is 16.5. The van der Waals surface area contributed by atoms with Crippen molar-refractivity contribution in [3.05, 3.63) is 0 Å². The summed E-state index contributed by atoms with van der Waals surface area (Å²) >= 11 is 0. The Morgan fingerprint density at radius 3 is 2.29 bits per heavy atom. The molecule has 1 N–H and O–H groups in total. The van der Waals surface area contributed by atoms with Crippen molar-refractivity contribution < 1.29 is 19.3 Å². The molecule has 0 unspecified atom stereocenters. The number of aliphatic hydroxyl groups excluding tert-OH is 1. The topological polar surface area (TPSA) is 47.9 Å². The normalized spacial score (nSPS) is 16.8. The molecule has 0 saturated carbocycles. The maximum atomic E-state index is 8.84. The average molecular weight is 248 g/mol. The van der Waals surface area contributed by atoms with Crippen molar-refractivity contribution in [3.63, 3.8) is 0 Å². The molecule has 0 aliphatic heterocycles. The third-order valence-electron chi connectivity index (χ3n) is 2.33. The van der Waals surface area contributed by atoms with Crippen LogP contribution in [0.25, 0.3) is 0 Å². The predicted octanol–water partition coefficient (Wildman–Crippen LogP) is 1.99. The highest BCUT2D eigenvalue weighted by molar-refractivity contribution is 4.55. The fourth-order valence-corrected chi connectivity index (χ4v) is 1.32. The molecular weight excluding hydrogens is 220 g/mol. The first-order valence-corrected chi connectivity index (χ1v) is 6.55. The van der Waals surface area contributed by atoms with E-state index in [1.807, 2.05) is 20.8 Å². The Bertz CT molecular complexity index is 163. The van der Waals surface area contributed by atoms with E-state index in [4.69, 9.17) is 19.3 Å². The first-order valence-electron chi connectivity index (χ1n) is 6.55. The summed E-state index contributed by atoms with van der Waals surface area (Å²) in [5.41, 5.74) is 0. The molecule has 0 radical (unpaired) electrons. The lowest BCUT2D eigenvalue weighted by molar-refractivity contribution is -0.0845. The molecule has 0 saturated heterocycles. The molecule has 4 heteroatoms. The molecule has 0 aliphatic carbocycles. The van der Waals surface area contributed by atoms with E-state index < -0.39 is 0 Å². The second-order valence-electron chi connectivity index (χ2n) is 4.51. The van der Waals surface area contributed by atoms with Gasteiger partial charge in [-0.15, -0.1) is 0 Å². The van der Waals surface area contributed by atoms with Crippen LogP contribution < -0.4 is 0 Å². The van der Waals surface area contributed by atoms with E-state index >= 15 is 0 Å². The van der Waals surface area contributed by atoms with Gasteiger partial charge in [0.1, 0.15) is 0 Å². The zero-order chi connectivity index (χ0) is 13.1. The zero-order valence-electron chi connectivity index (χ0n) is 11.6. The van der Waals surface area contributed by atoms with Gasteiger partial charge in [-0.2, -0.15) is 0 Å². The second kappa shape index (κ2) is 11.0. The smallest absolute Gasteiger partial charge is 0.0785 e. The maximum absolute atomic E-state index is 8.84. The molecule has 0 amide bonds. The van der Waals surface area contributed by atoms with E-state index in [9.17, 15) is 0 Å². The molecular formula is C13H28O4. The number of aliphatic hydroxyl groups is 1. The van der Waals surface area contributed by atoms with E-state index in [1.54, 1.807) is 0 Å². The lowest BCUT2D eigenvalue weighted by Crippen LogP contribution is -2.27. The standard InChI is InChI=1S/C13H28O4/c1-5-6-7-15-9-12(3)16-10-13(4)17-11(2)8-14/h11-14H,5-10H2,1-4H3/t11-,12-,13-/m1/s1. The van der Waals surface area contributed by atoms with Crippen LogP contribution in [0.2, 0.25) is 0 Å². The van der Waals surface area contributed by atoms with Gasteiger partial charge in [-0.3, -0.25) is 0 Å². The molecule has 0 bridgehead atoms. The quantitative estimate of drug-likeness (QED) is 0.568. The van der Waals surface area contributed by atoms with Gasteiger partial charge in [0.2, 0.25) is 0 Å². The van der Waals surface area contributed by atoms with Crippen LogP contribution in [-0.2, 0) is 14.2 Å². The minimum Gasteiger partial charge on any atom is -0.394 e. The number of hydrogen-bond donors (Lipinski definition) is 1. The lowest BCUT2D eigenvalue weighted by Gasteiger charge is -2.20. The summed E-state index contributed by atoms with van der Waals surface area (Å²) in [5.74, 6) is 0. The molecule has 0 aromatic carbocycles. The van der Waals surface area contributed by atoms with Crippen LogP contribution in [0.1, 0.15) is 40.5 Å². The molecule has 0 aliphatic rings. The number of rotatable bonds is 11. The van der Waals surface area contributed by atoms with Gasteiger partial charge in [-0.25, -0.2) is 0 Å². The lowest BCUT2D eigenvalue weighted by atomic mass is 10.3. The van der Waals surface area contributed by atoms with E-state index in [-0.39, 0.29) is 24.9 Å². The first kappa shape index (κ1) is 16.8. The summed E-state index contributed by atoms with van der Waals surface area (Å²) in [6.07, 6.45) is 2.20. The minimum atomic E-state index is -0.135. The van der Waals surface area contributed by atoms with Crippen molar-refractivity contribution in [2.75, 3.05) is 26.4 Å². The fourth-order valence-electron chi connectivity index (χ4n) is 1.32. The van der Waals surface area contributed by atoms with Gasteiger partial charge in [0.05, 0.1) is 38.1 Å². The van der Waals surface area contributed by atoms with Gasteiger partial charge >= 0.3 is 0 Å². The zero-order valence-corrected chi connectivity index (χ0v) is 11.6. The van der Waals surface area contributed by atoms with Gasteiger partial charge in [-0.1, -0.05) is 13.3 Å². The molecule has 0 aromatic heterocycles. The molecule has 0 rings (SSSR count). The summed E-state index contributed by atoms with van der Waals surface area (Å²) in [7, 11) is 0. The first-order chi connectivity index (χ1) is 8.10. The minimum absolute atomic E-state index is 0.00441. The van der Waals surface area contributed by atoms with E-state index in [1.165, 1.54) is 0 Å². The van der Waals surface area contributed by atoms with Crippen LogP contribution in [0.15, 0.2) is 0 Å². The van der Waals surface area contributed by atoms with Gasteiger partial charge in [-0.05, 0) is 27.2 Å². The molecule has 0 spiro atoms. The summed E-state index contributed by atoms with van der Waals surface area (Å²) in [6, 6.07) is 0. The molecule has 4 nitrogen and oxygen atoms in total. The van der Waals surface area contributed by atoms with Gasteiger partial charge < -0.3 is 19.3 Å². The van der Waals surface area contributed by atoms with Crippen molar-refractivity contribution >= 4 is 0 Å². The third-order valence-corrected chi connectivity index (χ3v) is 2.33. The van der Waals surface area contributed by atoms with E-state index in [2.05, 4.69) is 6.92 Å². The van der Waals surface area contributed by atoms with Crippen molar-refractivity contribution in [1.29, 1.82) is 0 Å². The molecule has 0 fully saturated rings. The molecule has 104 valence electrons. The molecule has 0 heterocycles. The molecule has 3 atom stereocenters. The SMILES string of the molecule is CCCCOC[C@@H](C)OC[C@@H](C)O[C@H](C)CO. The highest BCUT2D eigenvalue weighted by Gasteiger charge is 2.10. The summed E-state index contributed by atoms with van der Waals surface area (Å²) in [6.45, 7) is 9.92. The van der Waals surface area contributed by atoms with Crippen LogP contribution in [0.3, 0.4) is 0 Å². The Labute approximate surface area is 105 Å².